The molecule has 0 fully saturated rings. The van der Waals surface area contributed by atoms with Crippen LogP contribution in [0.1, 0.15) is 26.3 Å². The van der Waals surface area contributed by atoms with Crippen LogP contribution >= 0.6 is 11.3 Å². The summed E-state index contributed by atoms with van der Waals surface area (Å²) in [5.74, 6) is 2.34. The van der Waals surface area contributed by atoms with Crippen molar-refractivity contribution in [1.29, 1.82) is 0 Å². The normalized spacial score (nSPS) is 12.1. The van der Waals surface area contributed by atoms with Gasteiger partial charge >= 0.3 is 0 Å². The Hall–Kier alpha value is -9.36. The molecular weight excluding hydrogens is 945 g/mol. The van der Waals surface area contributed by atoms with Crippen molar-refractivity contribution in [2.75, 3.05) is 0 Å². The minimum Gasteiger partial charge on any atom is -0.458 e. The van der Waals surface area contributed by atoms with Crippen LogP contribution in [0.25, 0.3) is 126 Å². The molecule has 0 saturated carbocycles. The highest BCUT2D eigenvalue weighted by atomic mass is 32.1. The van der Waals surface area contributed by atoms with Crippen LogP contribution in [0.15, 0.2) is 237 Å². The first kappa shape index (κ1) is 44.2. The second-order valence-corrected chi connectivity index (χ2v) is 21.9. The topological polar surface area (TPSA) is 35.9 Å². The molecule has 360 valence electrons. The van der Waals surface area contributed by atoms with Gasteiger partial charge in [-0.1, -0.05) is 178 Å². The first-order chi connectivity index (χ1) is 37.3. The number of benzene rings is 10. The number of fused-ring (bicyclic) bond motifs is 13. The fraction of sp³-hybridized carbons (Fsp3) is 0.0571. The van der Waals surface area contributed by atoms with Gasteiger partial charge in [0.1, 0.15) is 17.3 Å². The van der Waals surface area contributed by atoms with E-state index in [1.165, 1.54) is 53.4 Å². The predicted octanol–water partition coefficient (Wildman–Crippen LogP) is 18.3. The molecule has 6 heteroatoms. The van der Waals surface area contributed by atoms with E-state index in [0.29, 0.717) is 0 Å². The number of pyridine rings is 1. The van der Waals surface area contributed by atoms with E-state index in [1.807, 2.05) is 23.6 Å². The summed E-state index contributed by atoms with van der Waals surface area (Å²) in [6, 6.07) is 83.4. The third-order valence-corrected chi connectivity index (χ3v) is 16.6. The molecule has 0 unspecified atom stereocenters. The Balaban J connectivity index is 0.938. The molecule has 5 heterocycles. The van der Waals surface area contributed by atoms with Crippen molar-refractivity contribution in [3.8, 4) is 84.3 Å². The summed E-state index contributed by atoms with van der Waals surface area (Å²) in [4.78, 5) is 4.93. The van der Waals surface area contributed by atoms with Gasteiger partial charge in [0.15, 0.2) is 0 Å². The maximum Gasteiger partial charge on any atom is 0.269 e. The number of hydrogen-bond acceptors (Lipinski definition) is 3. The molecule has 0 atom stereocenters. The quantitative estimate of drug-likeness (QED) is 0.123. The molecule has 0 radical (unpaired) electrons. The molecule has 1 aliphatic rings. The number of hydrogen-bond donors (Lipinski definition) is 0. The van der Waals surface area contributed by atoms with Crippen LogP contribution in [0.3, 0.4) is 0 Å². The van der Waals surface area contributed by atoms with Gasteiger partial charge in [-0.3, -0.25) is 13.7 Å². The SMILES string of the molecule is CC(C)(C)c1ccnc(-n2c3ccccc3c3ccc(Oc4cccc(-n5[c-][n+]6c7c(cccc75)-c5ccccc5-c5ccccc5-c5cccc(-c7cc(-c8ccccc8)c8sc9ccccc9c8c7)c5-6)c4)cc32)c1. The highest BCUT2D eigenvalue weighted by Crippen LogP contribution is 2.48. The Morgan fingerprint density at radius 2 is 1.09 bits per heavy atom. The lowest BCUT2D eigenvalue weighted by Crippen LogP contribution is -2.32. The van der Waals surface area contributed by atoms with Crippen molar-refractivity contribution < 1.29 is 9.30 Å². The fourth-order valence-corrected chi connectivity index (χ4v) is 13.0. The van der Waals surface area contributed by atoms with E-state index in [1.54, 1.807) is 0 Å². The van der Waals surface area contributed by atoms with Crippen LogP contribution in [-0.2, 0) is 5.41 Å². The molecule has 4 aromatic heterocycles. The average molecular weight is 993 g/mol. The number of nitrogens with zero attached hydrogens (tertiary/aromatic N) is 4. The monoisotopic (exact) mass is 992 g/mol. The van der Waals surface area contributed by atoms with Crippen LogP contribution in [0.4, 0.5) is 0 Å². The van der Waals surface area contributed by atoms with Crippen molar-refractivity contribution >= 4 is 64.3 Å². The van der Waals surface area contributed by atoms with Gasteiger partial charge < -0.3 is 4.74 Å². The number of ether oxygens (including phenoxy) is 1. The Morgan fingerprint density at radius 1 is 0.461 bits per heavy atom. The minimum atomic E-state index is -0.0303. The lowest BCUT2D eigenvalue weighted by Gasteiger charge is -2.20. The van der Waals surface area contributed by atoms with E-state index < -0.39 is 0 Å². The summed E-state index contributed by atoms with van der Waals surface area (Å²) in [6.45, 7) is 6.73. The van der Waals surface area contributed by atoms with Gasteiger partial charge in [-0.05, 0) is 128 Å². The summed E-state index contributed by atoms with van der Waals surface area (Å²) < 4.78 is 16.3. The van der Waals surface area contributed by atoms with Crippen LogP contribution < -0.4 is 9.30 Å². The van der Waals surface area contributed by atoms with E-state index in [2.05, 4.69) is 265 Å². The van der Waals surface area contributed by atoms with Gasteiger partial charge in [-0.25, -0.2) is 4.98 Å². The summed E-state index contributed by atoms with van der Waals surface area (Å²) in [5, 5.41) is 4.84. The highest BCUT2D eigenvalue weighted by Gasteiger charge is 2.27. The average Bonchev–Trinajstić information content (AvgIpc) is 4.17. The van der Waals surface area contributed by atoms with Crippen molar-refractivity contribution in [2.45, 2.75) is 26.2 Å². The zero-order chi connectivity index (χ0) is 50.6. The molecule has 14 aromatic rings. The molecule has 0 amide bonds. The third-order valence-electron chi connectivity index (χ3n) is 15.3. The van der Waals surface area contributed by atoms with Crippen molar-refractivity contribution in [3.05, 3.63) is 249 Å². The van der Waals surface area contributed by atoms with E-state index in [-0.39, 0.29) is 5.41 Å². The number of para-hydroxylation sites is 3. The molecule has 1 aliphatic heterocycles. The van der Waals surface area contributed by atoms with Gasteiger partial charge in [-0.15, -0.1) is 11.3 Å². The number of rotatable bonds is 6. The maximum absolute atomic E-state index is 6.91. The molecule has 0 N–H and O–H groups in total. The highest BCUT2D eigenvalue weighted by molar-refractivity contribution is 7.26. The van der Waals surface area contributed by atoms with Crippen LogP contribution in [0.2, 0.25) is 0 Å². The molecular formula is C70H48N4OS. The molecule has 15 rings (SSSR count). The Labute approximate surface area is 444 Å². The van der Waals surface area contributed by atoms with Crippen LogP contribution in [0.5, 0.6) is 11.5 Å². The molecule has 76 heavy (non-hydrogen) atoms. The zero-order valence-electron chi connectivity index (χ0n) is 42.1. The molecule has 0 spiro atoms. The van der Waals surface area contributed by atoms with E-state index in [4.69, 9.17) is 9.72 Å². The summed E-state index contributed by atoms with van der Waals surface area (Å²) in [7, 11) is 0. The number of aromatic nitrogens is 4. The lowest BCUT2D eigenvalue weighted by atomic mass is 9.88. The maximum atomic E-state index is 6.91. The lowest BCUT2D eigenvalue weighted by molar-refractivity contribution is -0.570. The van der Waals surface area contributed by atoms with Gasteiger partial charge in [0, 0.05) is 48.8 Å². The molecule has 0 saturated heterocycles. The van der Waals surface area contributed by atoms with Crippen LogP contribution in [0, 0.1) is 6.33 Å². The first-order valence-corrected chi connectivity index (χ1v) is 26.7. The van der Waals surface area contributed by atoms with E-state index >= 15 is 0 Å². The van der Waals surface area contributed by atoms with Gasteiger partial charge in [0.25, 0.3) is 6.33 Å². The van der Waals surface area contributed by atoms with Gasteiger partial charge in [-0.2, -0.15) is 0 Å². The standard InChI is InChI=1S/C70H48N4OS/c1-70(2,3)46-36-37-71-66(40-46)74-62-31-13-11-26-55(62)56-35-34-49(42-64(56)74)75-48-21-15-20-47(41-48)72-43-73-67-50(45-38-60(44-18-5-4-6-19-44)69-61(39-45)57-27-12-14-33-65(57)76-69)28-16-29-58(67)53-24-9-7-22-51(53)52-23-8-10-25-54(52)59-30-17-32-63(72)68(59)73/h4-42H,1-3H3. The Kier molecular flexibility index (Phi) is 9.94. The van der Waals surface area contributed by atoms with E-state index in [9.17, 15) is 0 Å². The number of thiophene rings is 1. The summed E-state index contributed by atoms with van der Waals surface area (Å²) in [6.07, 6.45) is 5.94. The molecule has 5 nitrogen and oxygen atoms in total. The molecule has 10 aromatic carbocycles. The largest absolute Gasteiger partial charge is 0.458 e. The van der Waals surface area contributed by atoms with Crippen molar-refractivity contribution in [3.63, 3.8) is 0 Å². The summed E-state index contributed by atoms with van der Waals surface area (Å²) in [5.41, 5.74) is 19.1. The second kappa shape index (κ2) is 17.1. The zero-order valence-corrected chi connectivity index (χ0v) is 42.9. The second-order valence-electron chi connectivity index (χ2n) is 20.9. The Morgan fingerprint density at radius 3 is 1.91 bits per heavy atom. The smallest absolute Gasteiger partial charge is 0.269 e. The van der Waals surface area contributed by atoms with E-state index in [0.717, 1.165) is 89.5 Å². The molecule has 0 bridgehead atoms. The van der Waals surface area contributed by atoms with Crippen LogP contribution in [-0.4, -0.2) is 14.1 Å². The first-order valence-electron chi connectivity index (χ1n) is 25.9. The van der Waals surface area contributed by atoms with Gasteiger partial charge in [0.2, 0.25) is 0 Å². The fourth-order valence-electron chi connectivity index (χ4n) is 11.8. The number of imidazole rings is 1. The van der Waals surface area contributed by atoms with Gasteiger partial charge in [0.05, 0.1) is 33.4 Å². The van der Waals surface area contributed by atoms with Crippen molar-refractivity contribution in [1.82, 2.24) is 14.1 Å². The molecule has 0 aliphatic carbocycles. The van der Waals surface area contributed by atoms with Crippen molar-refractivity contribution in [2.24, 2.45) is 0 Å². The summed E-state index contributed by atoms with van der Waals surface area (Å²) >= 11 is 1.87. The Bertz CT molecular complexity index is 4670. The minimum absolute atomic E-state index is 0.0303. The predicted molar refractivity (Wildman–Crippen MR) is 315 cm³/mol. The third kappa shape index (κ3) is 6.98.